The first-order valence-corrected chi connectivity index (χ1v) is 7.57. The van der Waals surface area contributed by atoms with Crippen molar-refractivity contribution in [3.8, 4) is 0 Å². The second-order valence-corrected chi connectivity index (χ2v) is 8.58. The fourth-order valence-corrected chi connectivity index (χ4v) is 1.96. The van der Waals surface area contributed by atoms with Gasteiger partial charge in [-0.05, 0) is 48.0 Å². The summed E-state index contributed by atoms with van der Waals surface area (Å²) >= 11 is 0. The maximum absolute atomic E-state index is 11.9. The molecule has 0 aliphatic carbocycles. The maximum atomic E-state index is 11.9. The molecule has 2 unspecified atom stereocenters. The highest BCUT2D eigenvalue weighted by Crippen LogP contribution is 2.21. The third kappa shape index (κ3) is 4.93. The van der Waals surface area contributed by atoms with Crippen LogP contribution in [0.25, 0.3) is 0 Å². The van der Waals surface area contributed by atoms with Crippen molar-refractivity contribution in [2.24, 2.45) is 4.40 Å². The smallest absolute Gasteiger partial charge is 0.410 e. The van der Waals surface area contributed by atoms with Crippen LogP contribution in [0.4, 0.5) is 4.79 Å². The highest BCUT2D eigenvalue weighted by Gasteiger charge is 2.34. The Morgan fingerprint density at radius 1 is 1.32 bits per heavy atom. The number of carbonyl (C=O) groups is 1. The van der Waals surface area contributed by atoms with E-state index in [1.54, 1.807) is 11.1 Å². The summed E-state index contributed by atoms with van der Waals surface area (Å²) in [4.78, 5) is 13.5. The molecule has 0 spiro atoms. The average Bonchev–Trinajstić information content (AvgIpc) is 2.10. The van der Waals surface area contributed by atoms with Crippen molar-refractivity contribution in [2.45, 2.75) is 64.4 Å². The quantitative estimate of drug-likeness (QED) is 0.734. The van der Waals surface area contributed by atoms with Crippen LogP contribution in [0.2, 0.25) is 0 Å². The molecule has 0 saturated carbocycles. The van der Waals surface area contributed by atoms with Gasteiger partial charge in [-0.15, -0.1) is 0 Å². The third-order valence-electron chi connectivity index (χ3n) is 2.55. The highest BCUT2D eigenvalue weighted by molar-refractivity contribution is 7.85. The first kappa shape index (κ1) is 16.1. The molecule has 1 rings (SSSR count). The molecule has 1 amide bonds. The topological polar surface area (TPSA) is 59.0 Å². The number of carbonyl (C=O) groups excluding carboxylic acids is 1. The van der Waals surface area contributed by atoms with Crippen LogP contribution in [-0.4, -0.2) is 44.4 Å². The van der Waals surface area contributed by atoms with Crippen molar-refractivity contribution < 1.29 is 13.7 Å². The Labute approximate surface area is 118 Å². The normalized spacial score (nSPS) is 22.2. The summed E-state index contributed by atoms with van der Waals surface area (Å²) in [5.74, 6) is 0. The summed E-state index contributed by atoms with van der Waals surface area (Å²) in [5.41, 5.74) is -0.497. The third-order valence-corrected chi connectivity index (χ3v) is 3.91. The number of nitrogens with zero attached hydrogens (tertiary/aromatic N) is 2. The largest absolute Gasteiger partial charge is 0.444 e. The van der Waals surface area contributed by atoms with Crippen molar-refractivity contribution >= 4 is 23.3 Å². The Balaban J connectivity index is 2.56. The van der Waals surface area contributed by atoms with E-state index in [9.17, 15) is 9.00 Å². The predicted molar refractivity (Wildman–Crippen MR) is 77.7 cm³/mol. The molecule has 0 aromatic carbocycles. The number of ether oxygens (including phenoxy) is 1. The SMILES string of the molecule is CC(C)(C)OC(=O)N1CCC1C=NS(=O)C(C)(C)C. The standard InChI is InChI=1S/C13H24N2O3S/c1-12(2,3)18-11(16)15-8-7-10(15)9-14-19(17)13(4,5)6/h9-10H,7-8H2,1-6H3. The summed E-state index contributed by atoms with van der Waals surface area (Å²) in [6.45, 7) is 11.8. The molecular weight excluding hydrogens is 264 g/mol. The van der Waals surface area contributed by atoms with E-state index in [4.69, 9.17) is 4.74 Å². The second kappa shape index (κ2) is 5.61. The first-order valence-electron chi connectivity index (χ1n) is 6.46. The lowest BCUT2D eigenvalue weighted by atomic mass is 10.1. The zero-order valence-corrected chi connectivity index (χ0v) is 13.4. The van der Waals surface area contributed by atoms with Crippen LogP contribution in [0.5, 0.6) is 0 Å². The van der Waals surface area contributed by atoms with Gasteiger partial charge >= 0.3 is 6.09 Å². The zero-order valence-electron chi connectivity index (χ0n) is 12.6. The molecule has 1 aliphatic heterocycles. The van der Waals surface area contributed by atoms with E-state index < -0.39 is 16.6 Å². The molecule has 110 valence electrons. The summed E-state index contributed by atoms with van der Waals surface area (Å²) in [7, 11) is -1.28. The van der Waals surface area contributed by atoms with Gasteiger partial charge in [0.05, 0.1) is 10.8 Å². The van der Waals surface area contributed by atoms with E-state index in [-0.39, 0.29) is 16.9 Å². The molecule has 1 fully saturated rings. The number of amides is 1. The lowest BCUT2D eigenvalue weighted by Crippen LogP contribution is -2.53. The molecule has 2 atom stereocenters. The number of hydrogen-bond acceptors (Lipinski definition) is 3. The van der Waals surface area contributed by atoms with Gasteiger partial charge in [0.25, 0.3) is 0 Å². The molecule has 1 saturated heterocycles. The molecule has 0 aromatic heterocycles. The summed E-state index contributed by atoms with van der Waals surface area (Å²) in [5, 5.41) is 0. The minimum Gasteiger partial charge on any atom is -0.444 e. The number of hydrogen-bond donors (Lipinski definition) is 0. The van der Waals surface area contributed by atoms with E-state index in [0.717, 1.165) is 6.42 Å². The number of likely N-dealkylation sites (tertiary alicyclic amines) is 1. The van der Waals surface area contributed by atoms with Crippen LogP contribution < -0.4 is 0 Å². The van der Waals surface area contributed by atoms with Gasteiger partial charge in [-0.25, -0.2) is 9.00 Å². The average molecular weight is 288 g/mol. The Morgan fingerprint density at radius 2 is 1.89 bits per heavy atom. The van der Waals surface area contributed by atoms with Crippen molar-refractivity contribution in [1.82, 2.24) is 4.90 Å². The summed E-state index contributed by atoms with van der Waals surface area (Å²) < 4.78 is 20.8. The molecule has 6 heteroatoms. The predicted octanol–water partition coefficient (Wildman–Crippen LogP) is 2.53. The van der Waals surface area contributed by atoms with Gasteiger partial charge in [0.2, 0.25) is 0 Å². The van der Waals surface area contributed by atoms with E-state index >= 15 is 0 Å². The molecule has 1 aliphatic rings. The van der Waals surface area contributed by atoms with Crippen LogP contribution in [0, 0.1) is 0 Å². The lowest BCUT2D eigenvalue weighted by molar-refractivity contribution is 0.00619. The van der Waals surface area contributed by atoms with Crippen LogP contribution in [-0.2, 0) is 15.7 Å². The van der Waals surface area contributed by atoms with E-state index in [1.165, 1.54) is 0 Å². The van der Waals surface area contributed by atoms with Gasteiger partial charge in [0.1, 0.15) is 16.6 Å². The van der Waals surface area contributed by atoms with Crippen LogP contribution >= 0.6 is 0 Å². The fraction of sp³-hybridized carbons (Fsp3) is 0.846. The molecule has 0 radical (unpaired) electrons. The van der Waals surface area contributed by atoms with Crippen molar-refractivity contribution in [3.05, 3.63) is 0 Å². The Bertz CT molecular complexity index is 394. The lowest BCUT2D eigenvalue weighted by Gasteiger charge is -2.39. The molecule has 0 N–H and O–H groups in total. The van der Waals surface area contributed by atoms with Crippen molar-refractivity contribution in [2.75, 3.05) is 6.54 Å². The fourth-order valence-electron chi connectivity index (χ4n) is 1.39. The van der Waals surface area contributed by atoms with Gasteiger partial charge in [0.15, 0.2) is 0 Å². The highest BCUT2D eigenvalue weighted by atomic mass is 32.2. The molecule has 19 heavy (non-hydrogen) atoms. The first-order chi connectivity index (χ1) is 8.50. The Kier molecular flexibility index (Phi) is 4.76. The van der Waals surface area contributed by atoms with Crippen molar-refractivity contribution in [3.63, 3.8) is 0 Å². The van der Waals surface area contributed by atoms with Gasteiger partial charge in [-0.2, -0.15) is 4.40 Å². The molecule has 5 nitrogen and oxygen atoms in total. The summed E-state index contributed by atoms with van der Waals surface area (Å²) in [6.07, 6.45) is 2.11. The van der Waals surface area contributed by atoms with Gasteiger partial charge in [0, 0.05) is 12.8 Å². The summed E-state index contributed by atoms with van der Waals surface area (Å²) in [6, 6.07) is -0.0962. The molecule has 0 aromatic rings. The van der Waals surface area contributed by atoms with Crippen LogP contribution in [0.15, 0.2) is 4.40 Å². The zero-order chi connectivity index (χ0) is 14.8. The Morgan fingerprint density at radius 3 is 2.26 bits per heavy atom. The van der Waals surface area contributed by atoms with E-state index in [1.807, 2.05) is 41.5 Å². The van der Waals surface area contributed by atoms with Gasteiger partial charge in [-0.1, -0.05) is 0 Å². The minimum atomic E-state index is -1.28. The number of rotatable bonds is 2. The molecule has 1 heterocycles. The van der Waals surface area contributed by atoms with Crippen LogP contribution in [0.1, 0.15) is 48.0 Å². The van der Waals surface area contributed by atoms with E-state index in [2.05, 4.69) is 4.40 Å². The molecular formula is C13H24N2O3S. The maximum Gasteiger partial charge on any atom is 0.410 e. The van der Waals surface area contributed by atoms with E-state index in [0.29, 0.717) is 6.54 Å². The van der Waals surface area contributed by atoms with Crippen molar-refractivity contribution in [1.29, 1.82) is 0 Å². The van der Waals surface area contributed by atoms with Crippen LogP contribution in [0.3, 0.4) is 0 Å². The minimum absolute atomic E-state index is 0.0962. The molecule has 0 bridgehead atoms. The second-order valence-electron chi connectivity index (χ2n) is 6.65. The van der Waals surface area contributed by atoms with Gasteiger partial charge < -0.3 is 9.64 Å². The monoisotopic (exact) mass is 288 g/mol. The Hall–Kier alpha value is -0.910. The van der Waals surface area contributed by atoms with Gasteiger partial charge in [-0.3, -0.25) is 0 Å².